The number of hydrogen-bond donors (Lipinski definition) is 1. The highest BCUT2D eigenvalue weighted by atomic mass is 16.5. The number of fused-ring (bicyclic) bond motifs is 1. The molecule has 0 radical (unpaired) electrons. The van der Waals surface area contributed by atoms with Crippen LogP contribution in [0, 0.1) is 0 Å². The molecule has 0 saturated heterocycles. The third kappa shape index (κ3) is 1.89. The highest BCUT2D eigenvalue weighted by Gasteiger charge is 2.08. The molecule has 3 aromatic rings. The van der Waals surface area contributed by atoms with Gasteiger partial charge < -0.3 is 14.3 Å². The van der Waals surface area contributed by atoms with Crippen molar-refractivity contribution in [2.24, 2.45) is 7.05 Å². The fourth-order valence-electron chi connectivity index (χ4n) is 2.10. The summed E-state index contributed by atoms with van der Waals surface area (Å²) in [4.78, 5) is 19.6. The maximum atomic E-state index is 12.1. The first-order valence-corrected chi connectivity index (χ1v) is 5.88. The number of benzene rings is 1. The third-order valence-electron chi connectivity index (χ3n) is 3.10. The van der Waals surface area contributed by atoms with Gasteiger partial charge in [-0.2, -0.15) is 0 Å². The van der Waals surface area contributed by atoms with Crippen molar-refractivity contribution in [3.05, 3.63) is 46.9 Å². The number of rotatable bonds is 2. The predicted molar refractivity (Wildman–Crippen MR) is 73.3 cm³/mol. The number of hydrogen-bond acceptors (Lipinski definition) is 3. The van der Waals surface area contributed by atoms with E-state index in [-0.39, 0.29) is 5.43 Å². The first-order valence-electron chi connectivity index (χ1n) is 5.88. The van der Waals surface area contributed by atoms with Gasteiger partial charge in [-0.15, -0.1) is 0 Å². The second-order valence-corrected chi connectivity index (χ2v) is 4.32. The van der Waals surface area contributed by atoms with Crippen LogP contribution < -0.4 is 10.2 Å². The van der Waals surface area contributed by atoms with E-state index in [0.29, 0.717) is 16.8 Å². The molecule has 1 aromatic carbocycles. The normalized spacial score (nSPS) is 10.8. The van der Waals surface area contributed by atoms with Gasteiger partial charge in [-0.05, 0) is 12.1 Å². The van der Waals surface area contributed by atoms with Gasteiger partial charge in [-0.3, -0.25) is 4.79 Å². The molecule has 5 nitrogen and oxygen atoms in total. The fraction of sp³-hybridized carbons (Fsp3) is 0.143. The van der Waals surface area contributed by atoms with Crippen LogP contribution in [0.15, 0.2) is 41.5 Å². The summed E-state index contributed by atoms with van der Waals surface area (Å²) in [6.45, 7) is 0. The Morgan fingerprint density at radius 1 is 1.32 bits per heavy atom. The third-order valence-corrected chi connectivity index (χ3v) is 3.10. The van der Waals surface area contributed by atoms with Gasteiger partial charge in [0.2, 0.25) is 0 Å². The molecule has 2 aromatic heterocycles. The van der Waals surface area contributed by atoms with Crippen molar-refractivity contribution < 1.29 is 4.74 Å². The number of aromatic amines is 1. The number of pyridine rings is 1. The van der Waals surface area contributed by atoms with Crippen LogP contribution in [0.4, 0.5) is 0 Å². The van der Waals surface area contributed by atoms with Gasteiger partial charge in [-0.25, -0.2) is 4.98 Å². The summed E-state index contributed by atoms with van der Waals surface area (Å²) in [6, 6.07) is 6.91. The number of aryl methyl sites for hydroxylation is 1. The van der Waals surface area contributed by atoms with Crippen LogP contribution in [0.3, 0.4) is 0 Å². The summed E-state index contributed by atoms with van der Waals surface area (Å²) in [5.74, 6) is 1.43. The Hall–Kier alpha value is -2.56. The molecular weight excluding hydrogens is 242 g/mol. The molecule has 19 heavy (non-hydrogen) atoms. The molecular formula is C14H13N3O2. The Bertz CT molecular complexity index is 802. The van der Waals surface area contributed by atoms with E-state index in [0.717, 1.165) is 11.3 Å². The monoisotopic (exact) mass is 255 g/mol. The van der Waals surface area contributed by atoms with Gasteiger partial charge in [0, 0.05) is 37.0 Å². The minimum absolute atomic E-state index is 0.0330. The summed E-state index contributed by atoms with van der Waals surface area (Å²) in [5.41, 5.74) is 1.40. The molecule has 0 spiro atoms. The molecule has 1 N–H and O–H groups in total. The van der Waals surface area contributed by atoms with Crippen molar-refractivity contribution in [3.63, 3.8) is 0 Å². The average molecular weight is 255 g/mol. The summed E-state index contributed by atoms with van der Waals surface area (Å²) >= 11 is 0. The van der Waals surface area contributed by atoms with Crippen LogP contribution in [0.25, 0.3) is 22.4 Å². The molecule has 0 unspecified atom stereocenters. The van der Waals surface area contributed by atoms with E-state index in [1.54, 1.807) is 31.5 Å². The van der Waals surface area contributed by atoms with Crippen molar-refractivity contribution in [1.82, 2.24) is 14.5 Å². The van der Waals surface area contributed by atoms with Gasteiger partial charge in [0.25, 0.3) is 0 Å². The van der Waals surface area contributed by atoms with Crippen molar-refractivity contribution in [3.8, 4) is 17.3 Å². The first-order chi connectivity index (χ1) is 9.19. The van der Waals surface area contributed by atoms with Gasteiger partial charge in [0.15, 0.2) is 11.3 Å². The van der Waals surface area contributed by atoms with E-state index < -0.39 is 0 Å². The van der Waals surface area contributed by atoms with E-state index in [9.17, 15) is 4.79 Å². The van der Waals surface area contributed by atoms with Crippen LogP contribution in [0.2, 0.25) is 0 Å². The Balaban J connectivity index is 2.29. The molecule has 3 rings (SSSR count). The first kappa shape index (κ1) is 11.5. The average Bonchev–Trinajstić information content (AvgIpc) is 2.84. The lowest BCUT2D eigenvalue weighted by atomic mass is 10.2. The molecule has 0 aliphatic heterocycles. The van der Waals surface area contributed by atoms with Crippen molar-refractivity contribution in [2.75, 3.05) is 7.11 Å². The second-order valence-electron chi connectivity index (χ2n) is 4.32. The maximum absolute atomic E-state index is 12.1. The van der Waals surface area contributed by atoms with Gasteiger partial charge in [0.1, 0.15) is 5.75 Å². The molecule has 0 aliphatic carbocycles. The minimum atomic E-state index is -0.0330. The minimum Gasteiger partial charge on any atom is -0.497 e. The van der Waals surface area contributed by atoms with Crippen LogP contribution >= 0.6 is 0 Å². The lowest BCUT2D eigenvalue weighted by molar-refractivity contribution is 0.415. The zero-order valence-electron chi connectivity index (χ0n) is 10.7. The number of nitrogens with zero attached hydrogens (tertiary/aromatic N) is 2. The highest BCUT2D eigenvalue weighted by Crippen LogP contribution is 2.20. The molecule has 0 amide bonds. The predicted octanol–water partition coefficient (Wildman–Crippen LogP) is 1.94. The maximum Gasteiger partial charge on any atom is 0.190 e. The molecule has 0 aliphatic rings. The molecule has 0 bridgehead atoms. The van der Waals surface area contributed by atoms with E-state index >= 15 is 0 Å². The second kappa shape index (κ2) is 4.28. The Morgan fingerprint density at radius 3 is 2.84 bits per heavy atom. The Labute approximate surface area is 109 Å². The van der Waals surface area contributed by atoms with Crippen LogP contribution in [-0.2, 0) is 7.05 Å². The highest BCUT2D eigenvalue weighted by molar-refractivity contribution is 5.82. The Morgan fingerprint density at radius 2 is 2.16 bits per heavy atom. The molecule has 2 heterocycles. The van der Waals surface area contributed by atoms with E-state index in [1.165, 1.54) is 0 Å². The summed E-state index contributed by atoms with van der Waals surface area (Å²) in [6.07, 6.45) is 3.53. The summed E-state index contributed by atoms with van der Waals surface area (Å²) in [7, 11) is 3.48. The molecule has 5 heteroatoms. The van der Waals surface area contributed by atoms with Crippen LogP contribution in [0.5, 0.6) is 5.75 Å². The summed E-state index contributed by atoms with van der Waals surface area (Å²) in [5, 5.41) is 0.638. The zero-order valence-corrected chi connectivity index (χ0v) is 10.7. The SMILES string of the molecule is COc1ccc2c(=O)cc(-c3nccn3C)[nH]c2c1. The summed E-state index contributed by atoms with van der Waals surface area (Å²) < 4.78 is 7.03. The van der Waals surface area contributed by atoms with Crippen molar-refractivity contribution >= 4 is 10.9 Å². The quantitative estimate of drug-likeness (QED) is 0.761. The number of nitrogens with one attached hydrogen (secondary N) is 1. The topological polar surface area (TPSA) is 59.9 Å². The molecule has 0 atom stereocenters. The molecule has 96 valence electrons. The van der Waals surface area contributed by atoms with Gasteiger partial charge in [0.05, 0.1) is 18.3 Å². The number of imidazole rings is 1. The van der Waals surface area contributed by atoms with Crippen LogP contribution in [-0.4, -0.2) is 21.6 Å². The standard InChI is InChI=1S/C14H13N3O2/c1-17-6-5-15-14(17)12-8-13(18)10-4-3-9(19-2)7-11(10)16-12/h3-8H,1-2H3,(H,16,18). The van der Waals surface area contributed by atoms with Crippen molar-refractivity contribution in [2.45, 2.75) is 0 Å². The smallest absolute Gasteiger partial charge is 0.190 e. The van der Waals surface area contributed by atoms with Gasteiger partial charge in [-0.1, -0.05) is 0 Å². The Kier molecular flexibility index (Phi) is 2.59. The molecule has 0 saturated carbocycles. The van der Waals surface area contributed by atoms with Crippen LogP contribution in [0.1, 0.15) is 0 Å². The lowest BCUT2D eigenvalue weighted by Gasteiger charge is -2.06. The lowest BCUT2D eigenvalue weighted by Crippen LogP contribution is -2.05. The number of methoxy groups -OCH3 is 1. The van der Waals surface area contributed by atoms with Crippen molar-refractivity contribution in [1.29, 1.82) is 0 Å². The fourth-order valence-corrected chi connectivity index (χ4v) is 2.10. The number of ether oxygens (including phenoxy) is 1. The van der Waals surface area contributed by atoms with E-state index in [4.69, 9.17) is 4.74 Å². The largest absolute Gasteiger partial charge is 0.497 e. The van der Waals surface area contributed by atoms with Gasteiger partial charge >= 0.3 is 0 Å². The molecule has 0 fully saturated rings. The number of aromatic nitrogens is 3. The zero-order chi connectivity index (χ0) is 13.4. The van der Waals surface area contributed by atoms with E-state index in [1.807, 2.05) is 23.9 Å². The number of H-pyrrole nitrogens is 1. The van der Waals surface area contributed by atoms with E-state index in [2.05, 4.69) is 9.97 Å².